The topological polar surface area (TPSA) is 101 Å². The summed E-state index contributed by atoms with van der Waals surface area (Å²) in [6.07, 6.45) is 1.52. The lowest BCUT2D eigenvalue weighted by molar-refractivity contribution is -0.126. The Hall–Kier alpha value is -2.38. The van der Waals surface area contributed by atoms with Gasteiger partial charge < -0.3 is 20.5 Å². The van der Waals surface area contributed by atoms with E-state index in [0.717, 1.165) is 18.4 Å². The van der Waals surface area contributed by atoms with Crippen molar-refractivity contribution >= 4 is 23.4 Å². The summed E-state index contributed by atoms with van der Waals surface area (Å²) in [6, 6.07) is 8.78. The summed E-state index contributed by atoms with van der Waals surface area (Å²) in [6.45, 7) is 1.79. The van der Waals surface area contributed by atoms with Crippen molar-refractivity contribution in [1.82, 2.24) is 15.4 Å². The maximum atomic E-state index is 12.7. The Morgan fingerprint density at radius 1 is 1.38 bits per heavy atom. The highest BCUT2D eigenvalue weighted by molar-refractivity contribution is 6.30. The molecule has 3 N–H and O–H groups in total. The fraction of sp³-hybridized carbons (Fsp3) is 0.389. The zero-order valence-corrected chi connectivity index (χ0v) is 15.0. The molecule has 1 unspecified atom stereocenters. The maximum Gasteiger partial charge on any atom is 0.292 e. The molecule has 1 aromatic heterocycles. The summed E-state index contributed by atoms with van der Waals surface area (Å²) < 4.78 is 5.23. The van der Waals surface area contributed by atoms with E-state index in [9.17, 15) is 9.59 Å². The Balaban J connectivity index is 1.68. The predicted molar refractivity (Wildman–Crippen MR) is 97.6 cm³/mol. The van der Waals surface area contributed by atoms with E-state index in [1.54, 1.807) is 23.1 Å². The van der Waals surface area contributed by atoms with E-state index >= 15 is 0 Å². The van der Waals surface area contributed by atoms with Crippen LogP contribution in [0.15, 0.2) is 34.9 Å². The van der Waals surface area contributed by atoms with Crippen molar-refractivity contribution in [2.24, 2.45) is 11.7 Å². The molecule has 1 saturated heterocycles. The van der Waals surface area contributed by atoms with Gasteiger partial charge in [0.25, 0.3) is 5.91 Å². The normalized spacial score (nSPS) is 17.2. The number of hydrogen-bond donors (Lipinski definition) is 2. The summed E-state index contributed by atoms with van der Waals surface area (Å²) >= 11 is 5.99. The first-order chi connectivity index (χ1) is 12.6. The third-order valence-corrected chi connectivity index (χ3v) is 4.60. The van der Waals surface area contributed by atoms with Crippen LogP contribution in [0.4, 0.5) is 0 Å². The van der Waals surface area contributed by atoms with Gasteiger partial charge in [-0.25, -0.2) is 0 Å². The molecule has 2 amide bonds. The smallest absolute Gasteiger partial charge is 0.292 e. The van der Waals surface area contributed by atoms with Gasteiger partial charge in [-0.3, -0.25) is 9.59 Å². The van der Waals surface area contributed by atoms with Crippen LogP contribution in [-0.4, -0.2) is 48.0 Å². The zero-order chi connectivity index (χ0) is 18.5. The van der Waals surface area contributed by atoms with Gasteiger partial charge in [0.1, 0.15) is 5.69 Å². The molecule has 0 aliphatic carbocycles. The number of amides is 2. The molecule has 2 heterocycles. The van der Waals surface area contributed by atoms with Crippen molar-refractivity contribution in [2.45, 2.75) is 12.8 Å². The third kappa shape index (κ3) is 4.23. The van der Waals surface area contributed by atoms with Gasteiger partial charge in [-0.1, -0.05) is 28.9 Å². The highest BCUT2D eigenvalue weighted by Gasteiger charge is 2.30. The number of halogens is 1. The van der Waals surface area contributed by atoms with E-state index in [-0.39, 0.29) is 23.5 Å². The molecule has 1 aromatic carbocycles. The molecule has 0 radical (unpaired) electrons. The number of nitrogens with two attached hydrogens (primary N) is 1. The number of likely N-dealkylation sites (tertiary alicyclic amines) is 1. The molecule has 0 saturated carbocycles. The highest BCUT2D eigenvalue weighted by atomic mass is 35.5. The molecule has 1 fully saturated rings. The van der Waals surface area contributed by atoms with Crippen LogP contribution >= 0.6 is 11.6 Å². The van der Waals surface area contributed by atoms with E-state index in [1.165, 1.54) is 0 Å². The number of nitrogens with one attached hydrogen (secondary N) is 1. The first-order valence-electron chi connectivity index (χ1n) is 8.58. The summed E-state index contributed by atoms with van der Waals surface area (Å²) in [7, 11) is 0. The van der Waals surface area contributed by atoms with Gasteiger partial charge in [0.05, 0.1) is 5.92 Å². The number of rotatable bonds is 5. The van der Waals surface area contributed by atoms with Gasteiger partial charge in [0, 0.05) is 42.8 Å². The van der Waals surface area contributed by atoms with Crippen LogP contribution < -0.4 is 11.1 Å². The van der Waals surface area contributed by atoms with Crippen molar-refractivity contribution < 1.29 is 14.1 Å². The number of nitrogens with zero attached hydrogens (tertiary/aromatic N) is 2. The Kier molecular flexibility index (Phi) is 5.90. The molecule has 26 heavy (non-hydrogen) atoms. The highest BCUT2D eigenvalue weighted by Crippen LogP contribution is 2.24. The van der Waals surface area contributed by atoms with Crippen molar-refractivity contribution in [1.29, 1.82) is 0 Å². The van der Waals surface area contributed by atoms with Gasteiger partial charge in [-0.05, 0) is 25.0 Å². The minimum Gasteiger partial charge on any atom is -0.355 e. The van der Waals surface area contributed by atoms with Crippen LogP contribution in [0.5, 0.6) is 0 Å². The minimum atomic E-state index is -0.262. The Labute approximate surface area is 156 Å². The molecule has 0 spiro atoms. The standard InChI is InChI=1S/C18H21ClN4O3/c19-14-5-1-3-12(9-14)15-10-16(26-22-15)18(25)23-8-2-4-13(11-23)17(24)21-7-6-20/h1,3,5,9-10,13H,2,4,6-8,11,20H2,(H,21,24). The molecule has 0 bridgehead atoms. The van der Waals surface area contributed by atoms with Crippen LogP contribution in [0, 0.1) is 5.92 Å². The monoisotopic (exact) mass is 376 g/mol. The van der Waals surface area contributed by atoms with Crippen molar-refractivity contribution in [2.75, 3.05) is 26.2 Å². The summed E-state index contributed by atoms with van der Waals surface area (Å²) in [5, 5.41) is 7.33. The lowest BCUT2D eigenvalue weighted by Gasteiger charge is -2.31. The lowest BCUT2D eigenvalue weighted by Crippen LogP contribution is -2.46. The average molecular weight is 377 g/mol. The van der Waals surface area contributed by atoms with Crippen molar-refractivity contribution in [3.63, 3.8) is 0 Å². The first kappa shape index (κ1) is 18.4. The number of hydrogen-bond acceptors (Lipinski definition) is 5. The Bertz CT molecular complexity index is 792. The third-order valence-electron chi connectivity index (χ3n) is 4.36. The average Bonchev–Trinajstić information content (AvgIpc) is 3.16. The number of carbonyl (C=O) groups excluding carboxylic acids is 2. The van der Waals surface area contributed by atoms with E-state index in [0.29, 0.717) is 36.9 Å². The van der Waals surface area contributed by atoms with Crippen LogP contribution in [0.25, 0.3) is 11.3 Å². The molecule has 138 valence electrons. The van der Waals surface area contributed by atoms with Crippen molar-refractivity contribution in [3.8, 4) is 11.3 Å². The summed E-state index contributed by atoms with van der Waals surface area (Å²) in [5.41, 5.74) is 6.73. The summed E-state index contributed by atoms with van der Waals surface area (Å²) in [5.74, 6) is -0.398. The SMILES string of the molecule is NCCNC(=O)C1CCCN(C(=O)c2cc(-c3cccc(Cl)c3)no2)C1. The second-order valence-corrected chi connectivity index (χ2v) is 6.69. The van der Waals surface area contributed by atoms with Gasteiger partial charge in [0.15, 0.2) is 0 Å². The van der Waals surface area contributed by atoms with Crippen molar-refractivity contribution in [3.05, 3.63) is 41.1 Å². The molecule has 7 nitrogen and oxygen atoms in total. The molecular formula is C18H21ClN4O3. The minimum absolute atomic E-state index is 0.0647. The quantitative estimate of drug-likeness (QED) is 0.830. The van der Waals surface area contributed by atoms with Crippen LogP contribution in [0.1, 0.15) is 23.4 Å². The Morgan fingerprint density at radius 3 is 3.00 bits per heavy atom. The largest absolute Gasteiger partial charge is 0.355 e. The molecule has 8 heteroatoms. The van der Waals surface area contributed by atoms with Gasteiger partial charge in [-0.2, -0.15) is 0 Å². The molecule has 2 aromatic rings. The number of piperidine rings is 1. The van der Waals surface area contributed by atoms with Gasteiger partial charge in [-0.15, -0.1) is 0 Å². The molecule has 3 rings (SSSR count). The van der Waals surface area contributed by atoms with Gasteiger partial charge >= 0.3 is 0 Å². The summed E-state index contributed by atoms with van der Waals surface area (Å²) in [4.78, 5) is 26.5. The number of benzene rings is 1. The fourth-order valence-corrected chi connectivity index (χ4v) is 3.22. The second kappa shape index (κ2) is 8.33. The van der Waals surface area contributed by atoms with Crippen LogP contribution in [-0.2, 0) is 4.79 Å². The molecule has 1 aliphatic heterocycles. The molecular weight excluding hydrogens is 356 g/mol. The molecule has 1 aliphatic rings. The first-order valence-corrected chi connectivity index (χ1v) is 8.96. The lowest BCUT2D eigenvalue weighted by atomic mass is 9.97. The fourth-order valence-electron chi connectivity index (χ4n) is 3.03. The Morgan fingerprint density at radius 2 is 2.23 bits per heavy atom. The number of aromatic nitrogens is 1. The molecule has 1 atom stereocenters. The predicted octanol–water partition coefficient (Wildman–Crippen LogP) is 1.92. The second-order valence-electron chi connectivity index (χ2n) is 6.26. The number of carbonyl (C=O) groups is 2. The van der Waals surface area contributed by atoms with E-state index in [1.807, 2.05) is 12.1 Å². The van der Waals surface area contributed by atoms with E-state index < -0.39 is 0 Å². The van der Waals surface area contributed by atoms with Gasteiger partial charge in [0.2, 0.25) is 11.7 Å². The van der Waals surface area contributed by atoms with E-state index in [2.05, 4.69) is 10.5 Å². The zero-order valence-electron chi connectivity index (χ0n) is 14.3. The van der Waals surface area contributed by atoms with Crippen LogP contribution in [0.2, 0.25) is 5.02 Å². The van der Waals surface area contributed by atoms with Crippen LogP contribution in [0.3, 0.4) is 0 Å². The maximum absolute atomic E-state index is 12.7. The van der Waals surface area contributed by atoms with E-state index in [4.69, 9.17) is 21.9 Å².